The molecule has 2 aromatic rings. The van der Waals surface area contributed by atoms with Gasteiger partial charge in [-0.25, -0.2) is 4.79 Å². The molecule has 1 amide bonds. The van der Waals surface area contributed by atoms with E-state index in [2.05, 4.69) is 0 Å². The normalized spacial score (nSPS) is 11.8. The maximum Gasteiger partial charge on any atom is 0.338 e. The number of nitro benzene ring substituents is 1. The SMILES string of the molecule is CCN(Cc1ccc2c(c1)OCO2)C(=O)COC(=O)c1ccc(C)c([N+](=O)[O-])c1. The second kappa shape index (κ2) is 8.59. The van der Waals surface area contributed by atoms with Crippen LogP contribution in [0.2, 0.25) is 0 Å². The van der Waals surface area contributed by atoms with E-state index in [0.29, 0.717) is 30.2 Å². The van der Waals surface area contributed by atoms with Crippen molar-refractivity contribution in [1.29, 1.82) is 0 Å². The molecule has 0 saturated heterocycles. The van der Waals surface area contributed by atoms with Crippen molar-refractivity contribution < 1.29 is 28.7 Å². The Morgan fingerprint density at radius 1 is 1.17 bits per heavy atom. The van der Waals surface area contributed by atoms with E-state index in [0.717, 1.165) is 11.6 Å². The molecule has 0 aliphatic carbocycles. The molecule has 29 heavy (non-hydrogen) atoms. The number of benzene rings is 2. The van der Waals surface area contributed by atoms with Gasteiger partial charge in [-0.05, 0) is 37.6 Å². The maximum atomic E-state index is 12.5. The summed E-state index contributed by atoms with van der Waals surface area (Å²) >= 11 is 0. The summed E-state index contributed by atoms with van der Waals surface area (Å²) in [5.74, 6) is 0.114. The summed E-state index contributed by atoms with van der Waals surface area (Å²) in [6.07, 6.45) is 0. The fourth-order valence-corrected chi connectivity index (χ4v) is 2.87. The Morgan fingerprint density at radius 2 is 1.93 bits per heavy atom. The van der Waals surface area contributed by atoms with Gasteiger partial charge in [-0.1, -0.05) is 12.1 Å². The number of ether oxygens (including phenoxy) is 3. The van der Waals surface area contributed by atoms with Crippen molar-refractivity contribution in [3.63, 3.8) is 0 Å². The lowest BCUT2D eigenvalue weighted by Gasteiger charge is -2.21. The minimum absolute atomic E-state index is 0.0221. The second-order valence-corrected chi connectivity index (χ2v) is 6.43. The summed E-state index contributed by atoms with van der Waals surface area (Å²) in [6.45, 7) is 3.84. The molecular weight excluding hydrogens is 380 g/mol. The standard InChI is InChI=1S/C20H20N2O7/c1-3-21(10-14-5-7-17-18(8-14)29-12-28-17)19(23)11-27-20(24)15-6-4-13(2)16(9-15)22(25)26/h4-9H,3,10-12H2,1-2H3. The number of likely N-dealkylation sites (N-methyl/N-ethyl adjacent to an activating group) is 1. The Labute approximate surface area is 166 Å². The molecule has 0 radical (unpaired) electrons. The molecule has 0 unspecified atom stereocenters. The molecule has 0 N–H and O–H groups in total. The van der Waals surface area contributed by atoms with Gasteiger partial charge in [0, 0.05) is 24.7 Å². The molecule has 1 aliphatic heterocycles. The summed E-state index contributed by atoms with van der Waals surface area (Å²) in [5, 5.41) is 11.0. The summed E-state index contributed by atoms with van der Waals surface area (Å²) < 4.78 is 15.7. The average Bonchev–Trinajstić information content (AvgIpc) is 3.17. The van der Waals surface area contributed by atoms with Gasteiger partial charge < -0.3 is 19.1 Å². The van der Waals surface area contributed by atoms with Crippen LogP contribution < -0.4 is 9.47 Å². The number of amides is 1. The number of aryl methyl sites for hydroxylation is 1. The van der Waals surface area contributed by atoms with Crippen molar-refractivity contribution in [3.8, 4) is 11.5 Å². The van der Waals surface area contributed by atoms with Crippen molar-refractivity contribution in [2.75, 3.05) is 19.9 Å². The molecule has 0 spiro atoms. The van der Waals surface area contributed by atoms with Crippen LogP contribution in [0.4, 0.5) is 5.69 Å². The highest BCUT2D eigenvalue weighted by Gasteiger charge is 2.20. The van der Waals surface area contributed by atoms with Crippen LogP contribution in [0.15, 0.2) is 36.4 Å². The number of nitro groups is 1. The molecule has 3 rings (SSSR count). The predicted octanol–water partition coefficient (Wildman–Crippen LogP) is 2.84. The zero-order chi connectivity index (χ0) is 21.0. The minimum Gasteiger partial charge on any atom is -0.454 e. The zero-order valence-electron chi connectivity index (χ0n) is 16.0. The van der Waals surface area contributed by atoms with Crippen molar-refractivity contribution in [1.82, 2.24) is 4.90 Å². The van der Waals surface area contributed by atoms with E-state index < -0.39 is 17.5 Å². The molecule has 0 bridgehead atoms. The number of nitrogens with zero attached hydrogens (tertiary/aromatic N) is 2. The molecule has 9 heteroatoms. The van der Waals surface area contributed by atoms with Crippen LogP contribution in [-0.2, 0) is 16.1 Å². The van der Waals surface area contributed by atoms with Crippen LogP contribution in [0.3, 0.4) is 0 Å². The van der Waals surface area contributed by atoms with Crippen LogP contribution in [0.1, 0.15) is 28.4 Å². The van der Waals surface area contributed by atoms with E-state index in [4.69, 9.17) is 14.2 Å². The smallest absolute Gasteiger partial charge is 0.338 e. The first kappa shape index (κ1) is 20.1. The number of carbonyl (C=O) groups is 2. The van der Waals surface area contributed by atoms with Crippen LogP contribution in [0.5, 0.6) is 11.5 Å². The van der Waals surface area contributed by atoms with E-state index in [1.807, 2.05) is 13.0 Å². The quantitative estimate of drug-likeness (QED) is 0.399. The first-order valence-corrected chi connectivity index (χ1v) is 8.97. The predicted molar refractivity (Wildman–Crippen MR) is 102 cm³/mol. The molecule has 2 aromatic carbocycles. The minimum atomic E-state index is -0.791. The molecule has 1 aliphatic rings. The van der Waals surface area contributed by atoms with E-state index in [9.17, 15) is 19.7 Å². The number of carbonyl (C=O) groups excluding carboxylic acids is 2. The average molecular weight is 400 g/mol. The first-order chi connectivity index (χ1) is 13.9. The molecule has 0 saturated carbocycles. The van der Waals surface area contributed by atoms with Gasteiger partial charge in [0.15, 0.2) is 18.1 Å². The number of fused-ring (bicyclic) bond motifs is 1. The fraction of sp³-hybridized carbons (Fsp3) is 0.300. The lowest BCUT2D eigenvalue weighted by atomic mass is 10.1. The molecular formula is C20H20N2O7. The monoisotopic (exact) mass is 400 g/mol. The molecule has 9 nitrogen and oxygen atoms in total. The number of rotatable bonds is 7. The van der Waals surface area contributed by atoms with E-state index in [1.54, 1.807) is 19.1 Å². The van der Waals surface area contributed by atoms with Crippen molar-refractivity contribution in [2.24, 2.45) is 0 Å². The second-order valence-electron chi connectivity index (χ2n) is 6.43. The van der Waals surface area contributed by atoms with Gasteiger partial charge in [0.2, 0.25) is 6.79 Å². The number of esters is 1. The van der Waals surface area contributed by atoms with Crippen LogP contribution in [-0.4, -0.2) is 41.6 Å². The van der Waals surface area contributed by atoms with E-state index >= 15 is 0 Å². The van der Waals surface area contributed by atoms with Gasteiger partial charge >= 0.3 is 5.97 Å². The Kier molecular flexibility index (Phi) is 5.96. The molecule has 1 heterocycles. The Balaban J connectivity index is 1.60. The van der Waals surface area contributed by atoms with Gasteiger partial charge in [0.05, 0.1) is 10.5 Å². The molecule has 0 aromatic heterocycles. The topological polar surface area (TPSA) is 108 Å². The highest BCUT2D eigenvalue weighted by molar-refractivity contribution is 5.92. The van der Waals surface area contributed by atoms with Crippen LogP contribution in [0, 0.1) is 17.0 Å². The first-order valence-electron chi connectivity index (χ1n) is 8.97. The maximum absolute atomic E-state index is 12.5. The van der Waals surface area contributed by atoms with Gasteiger partial charge in [-0.2, -0.15) is 0 Å². The van der Waals surface area contributed by atoms with Gasteiger partial charge in [-0.3, -0.25) is 14.9 Å². The van der Waals surface area contributed by atoms with Crippen molar-refractivity contribution in [3.05, 3.63) is 63.2 Å². The van der Waals surface area contributed by atoms with Crippen LogP contribution >= 0.6 is 0 Å². The van der Waals surface area contributed by atoms with Gasteiger partial charge in [0.1, 0.15) is 0 Å². The summed E-state index contributed by atoms with van der Waals surface area (Å²) in [5.41, 5.74) is 1.13. The summed E-state index contributed by atoms with van der Waals surface area (Å²) in [4.78, 5) is 36.6. The van der Waals surface area contributed by atoms with Crippen molar-refractivity contribution in [2.45, 2.75) is 20.4 Å². The highest BCUT2D eigenvalue weighted by Crippen LogP contribution is 2.32. The third-order valence-electron chi connectivity index (χ3n) is 4.51. The third kappa shape index (κ3) is 4.63. The zero-order valence-corrected chi connectivity index (χ0v) is 16.0. The largest absolute Gasteiger partial charge is 0.454 e. The number of hydrogen-bond acceptors (Lipinski definition) is 7. The highest BCUT2D eigenvalue weighted by atomic mass is 16.7. The molecule has 152 valence electrons. The van der Waals surface area contributed by atoms with Gasteiger partial charge in [0.25, 0.3) is 11.6 Å². The number of hydrogen-bond donors (Lipinski definition) is 0. The Morgan fingerprint density at radius 3 is 2.66 bits per heavy atom. The fourth-order valence-electron chi connectivity index (χ4n) is 2.87. The van der Waals surface area contributed by atoms with Crippen LogP contribution in [0.25, 0.3) is 0 Å². The third-order valence-corrected chi connectivity index (χ3v) is 4.51. The lowest BCUT2D eigenvalue weighted by Crippen LogP contribution is -2.34. The Hall–Kier alpha value is -3.62. The van der Waals surface area contributed by atoms with Crippen molar-refractivity contribution >= 4 is 17.6 Å². The lowest BCUT2D eigenvalue weighted by molar-refractivity contribution is -0.385. The Bertz CT molecular complexity index is 958. The molecule has 0 atom stereocenters. The summed E-state index contributed by atoms with van der Waals surface area (Å²) in [6, 6.07) is 9.46. The van der Waals surface area contributed by atoms with Gasteiger partial charge in [-0.15, -0.1) is 0 Å². The van der Waals surface area contributed by atoms with E-state index in [1.165, 1.54) is 17.0 Å². The molecule has 0 fully saturated rings. The van der Waals surface area contributed by atoms with E-state index in [-0.39, 0.29) is 24.0 Å². The summed E-state index contributed by atoms with van der Waals surface area (Å²) in [7, 11) is 0.